The van der Waals surface area contributed by atoms with Gasteiger partial charge in [-0.05, 0) is 61.2 Å². The van der Waals surface area contributed by atoms with Crippen molar-refractivity contribution in [3.8, 4) is 5.75 Å². The van der Waals surface area contributed by atoms with Crippen molar-refractivity contribution in [3.05, 3.63) is 53.2 Å². The van der Waals surface area contributed by atoms with Crippen LogP contribution in [0.1, 0.15) is 55.2 Å². The number of piperazine rings is 1. The lowest BCUT2D eigenvalue weighted by Crippen LogP contribution is -2.52. The van der Waals surface area contributed by atoms with Gasteiger partial charge in [0.1, 0.15) is 10.6 Å². The molecule has 0 saturated carbocycles. The third-order valence-corrected chi connectivity index (χ3v) is 10.1. The fourth-order valence-electron chi connectivity index (χ4n) is 6.45. The number of sulfone groups is 1. The van der Waals surface area contributed by atoms with Crippen molar-refractivity contribution in [2.75, 3.05) is 58.5 Å². The van der Waals surface area contributed by atoms with E-state index >= 15 is 0 Å². The number of para-hydroxylation sites is 1. The molecule has 3 aromatic rings. The number of likely N-dealkylation sites (tertiary alicyclic amines) is 1. The van der Waals surface area contributed by atoms with Gasteiger partial charge in [0.15, 0.2) is 15.6 Å². The first-order chi connectivity index (χ1) is 20.7. The van der Waals surface area contributed by atoms with Crippen LogP contribution in [0.4, 0.5) is 5.69 Å². The monoisotopic (exact) mass is 623 g/mol. The van der Waals surface area contributed by atoms with E-state index in [4.69, 9.17) is 4.74 Å². The van der Waals surface area contributed by atoms with Crippen LogP contribution in [0.2, 0.25) is 0 Å². The molecule has 0 aliphatic carbocycles. The number of carbonyl (C=O) groups is 2. The van der Waals surface area contributed by atoms with Crippen molar-refractivity contribution in [3.63, 3.8) is 0 Å². The van der Waals surface area contributed by atoms with E-state index < -0.39 is 9.84 Å². The molecule has 11 heteroatoms. The van der Waals surface area contributed by atoms with Crippen LogP contribution in [0.15, 0.2) is 41.3 Å². The Labute approximate surface area is 260 Å². The van der Waals surface area contributed by atoms with Crippen LogP contribution in [0.25, 0.3) is 10.9 Å². The summed E-state index contributed by atoms with van der Waals surface area (Å²) in [4.78, 5) is 33.4. The SMILES string of the molecule is COc1c(NC(=O)c2cc3cccc(CN4CCN(C(=O)[C@@H]5CCCN5C)CC4)c3n2C)cc(C(C)(C)C)cc1S(C)(=O)=O. The quantitative estimate of drug-likeness (QED) is 0.426. The molecule has 5 rings (SSSR count). The van der Waals surface area contributed by atoms with Crippen molar-refractivity contribution in [2.24, 2.45) is 7.05 Å². The molecule has 1 atom stereocenters. The van der Waals surface area contributed by atoms with E-state index in [1.165, 1.54) is 7.11 Å². The highest BCUT2D eigenvalue weighted by molar-refractivity contribution is 7.90. The molecule has 1 aromatic heterocycles. The van der Waals surface area contributed by atoms with Crippen LogP contribution in [-0.4, -0.2) is 98.7 Å². The Hall–Kier alpha value is -3.41. The molecule has 0 bridgehead atoms. The van der Waals surface area contributed by atoms with Crippen molar-refractivity contribution < 1.29 is 22.7 Å². The van der Waals surface area contributed by atoms with Gasteiger partial charge in [0.05, 0.1) is 24.4 Å². The lowest BCUT2D eigenvalue weighted by Gasteiger charge is -2.37. The predicted molar refractivity (Wildman–Crippen MR) is 173 cm³/mol. The summed E-state index contributed by atoms with van der Waals surface area (Å²) >= 11 is 0. The summed E-state index contributed by atoms with van der Waals surface area (Å²) < 4.78 is 32.8. The van der Waals surface area contributed by atoms with Gasteiger partial charge < -0.3 is 19.5 Å². The number of rotatable bonds is 7. The number of hydrogen-bond donors (Lipinski definition) is 1. The van der Waals surface area contributed by atoms with E-state index in [0.29, 0.717) is 31.0 Å². The summed E-state index contributed by atoms with van der Waals surface area (Å²) in [6.45, 7) is 10.7. The van der Waals surface area contributed by atoms with Gasteiger partial charge in [-0.1, -0.05) is 39.0 Å². The highest BCUT2D eigenvalue weighted by Crippen LogP contribution is 2.38. The van der Waals surface area contributed by atoms with Crippen molar-refractivity contribution in [1.29, 1.82) is 0 Å². The second-order valence-electron chi connectivity index (χ2n) is 13.2. The smallest absolute Gasteiger partial charge is 0.272 e. The van der Waals surface area contributed by atoms with E-state index in [-0.39, 0.29) is 33.9 Å². The number of aromatic nitrogens is 1. The molecule has 0 spiro atoms. The molecule has 2 aliphatic rings. The lowest BCUT2D eigenvalue weighted by molar-refractivity contribution is -0.137. The number of benzene rings is 2. The predicted octanol–water partition coefficient (Wildman–Crippen LogP) is 3.88. The third kappa shape index (κ3) is 6.36. The number of aryl methyl sites for hydroxylation is 1. The number of fused-ring (bicyclic) bond motifs is 1. The van der Waals surface area contributed by atoms with Crippen LogP contribution >= 0.6 is 0 Å². The molecular weight excluding hydrogens is 578 g/mol. The molecule has 2 amide bonds. The van der Waals surface area contributed by atoms with Crippen molar-refractivity contribution >= 4 is 38.2 Å². The zero-order valence-corrected chi connectivity index (χ0v) is 27.8. The molecule has 2 aliphatic heterocycles. The first kappa shape index (κ1) is 32.0. The maximum absolute atomic E-state index is 13.7. The number of carbonyl (C=O) groups excluding carboxylic acids is 2. The van der Waals surface area contributed by atoms with Gasteiger partial charge in [-0.3, -0.25) is 19.4 Å². The summed E-state index contributed by atoms with van der Waals surface area (Å²) in [6, 6.07) is 11.4. The van der Waals surface area contributed by atoms with Gasteiger partial charge >= 0.3 is 0 Å². The molecular formula is C33H45N5O5S. The fourth-order valence-corrected chi connectivity index (χ4v) is 7.32. The topological polar surface area (TPSA) is 104 Å². The molecule has 2 aromatic carbocycles. The van der Waals surface area contributed by atoms with Gasteiger partial charge in [0.25, 0.3) is 5.91 Å². The zero-order chi connectivity index (χ0) is 32.0. The van der Waals surface area contributed by atoms with Crippen LogP contribution in [0.5, 0.6) is 5.75 Å². The minimum atomic E-state index is -3.62. The Morgan fingerprint density at radius 3 is 2.32 bits per heavy atom. The van der Waals surface area contributed by atoms with E-state index in [1.54, 1.807) is 12.1 Å². The molecule has 238 valence electrons. The van der Waals surface area contributed by atoms with Crippen molar-refractivity contribution in [1.82, 2.24) is 19.3 Å². The Morgan fingerprint density at radius 1 is 1.02 bits per heavy atom. The summed E-state index contributed by atoms with van der Waals surface area (Å²) in [5.41, 5.74) is 3.25. The van der Waals surface area contributed by atoms with Gasteiger partial charge in [0, 0.05) is 51.4 Å². The number of ether oxygens (including phenoxy) is 1. The van der Waals surface area contributed by atoms with Gasteiger partial charge in [-0.15, -0.1) is 0 Å². The zero-order valence-electron chi connectivity index (χ0n) is 26.9. The van der Waals surface area contributed by atoms with Crippen LogP contribution in [0.3, 0.4) is 0 Å². The normalized spacial score (nSPS) is 18.6. The van der Waals surface area contributed by atoms with Crippen LogP contribution < -0.4 is 10.1 Å². The summed E-state index contributed by atoms with van der Waals surface area (Å²) in [5.74, 6) is 0.00568. The average Bonchev–Trinajstić information content (AvgIpc) is 3.55. The Morgan fingerprint density at radius 2 is 1.73 bits per heavy atom. The number of anilines is 1. The number of amides is 2. The number of likely N-dealkylation sites (N-methyl/N-ethyl adjacent to an activating group) is 1. The van der Waals surface area contributed by atoms with E-state index in [9.17, 15) is 18.0 Å². The highest BCUT2D eigenvalue weighted by atomic mass is 32.2. The van der Waals surface area contributed by atoms with Gasteiger partial charge in [-0.2, -0.15) is 0 Å². The number of nitrogens with zero attached hydrogens (tertiary/aromatic N) is 4. The fraction of sp³-hybridized carbons (Fsp3) is 0.515. The molecule has 2 fully saturated rings. The van der Waals surface area contributed by atoms with E-state index in [2.05, 4.69) is 21.2 Å². The molecule has 0 radical (unpaired) electrons. The second kappa shape index (κ2) is 12.2. The number of methoxy groups -OCH3 is 1. The minimum absolute atomic E-state index is 0.0112. The Balaban J connectivity index is 1.37. The molecule has 1 N–H and O–H groups in total. The maximum atomic E-state index is 13.7. The Bertz CT molecular complexity index is 1680. The van der Waals surface area contributed by atoms with Gasteiger partial charge in [-0.25, -0.2) is 8.42 Å². The molecule has 0 unspecified atom stereocenters. The van der Waals surface area contributed by atoms with Crippen molar-refractivity contribution in [2.45, 2.75) is 56.5 Å². The minimum Gasteiger partial charge on any atom is -0.493 e. The molecule has 10 nitrogen and oxygen atoms in total. The molecule has 44 heavy (non-hydrogen) atoms. The van der Waals surface area contributed by atoms with E-state index in [0.717, 1.165) is 60.8 Å². The van der Waals surface area contributed by atoms with Gasteiger partial charge in [0.2, 0.25) is 5.91 Å². The Kier molecular flexibility index (Phi) is 8.85. The second-order valence-corrected chi connectivity index (χ2v) is 15.2. The number of hydrogen-bond acceptors (Lipinski definition) is 7. The summed E-state index contributed by atoms with van der Waals surface area (Å²) in [7, 11) is 1.69. The first-order valence-electron chi connectivity index (χ1n) is 15.2. The van der Waals surface area contributed by atoms with Crippen LogP contribution in [-0.2, 0) is 33.6 Å². The lowest BCUT2D eigenvalue weighted by atomic mass is 9.86. The van der Waals surface area contributed by atoms with Crippen LogP contribution in [0, 0.1) is 0 Å². The maximum Gasteiger partial charge on any atom is 0.272 e. The third-order valence-electron chi connectivity index (χ3n) is 9.03. The highest BCUT2D eigenvalue weighted by Gasteiger charge is 2.33. The van der Waals surface area contributed by atoms with E-state index in [1.807, 2.05) is 62.5 Å². The average molecular weight is 624 g/mol. The standard InChI is InChI=1S/C33H45N5O5S/c1-33(2,3)24-19-25(30(43-6)28(20-24)44(7,41)42)34-31(39)27-18-22-10-8-11-23(29(22)36(27)5)21-37-14-16-38(17-15-37)32(40)26-12-9-13-35(26)4/h8,10-11,18-20,26H,9,12-17,21H2,1-7H3,(H,34,39)/t26-/m0/s1. The molecule has 2 saturated heterocycles. The number of nitrogens with one attached hydrogen (secondary N) is 1. The largest absolute Gasteiger partial charge is 0.493 e. The molecule has 3 heterocycles. The first-order valence-corrected chi connectivity index (χ1v) is 17.1. The summed E-state index contributed by atoms with van der Waals surface area (Å²) in [6.07, 6.45) is 3.15. The summed E-state index contributed by atoms with van der Waals surface area (Å²) in [5, 5.41) is 3.89.